The molecule has 0 bridgehead atoms. The number of methoxy groups -OCH3 is 1. The summed E-state index contributed by atoms with van der Waals surface area (Å²) in [4.78, 5) is 4.92. The first-order valence-corrected chi connectivity index (χ1v) is 4.45. The van der Waals surface area contributed by atoms with Crippen LogP contribution in [0.4, 0.5) is 0 Å². The highest BCUT2D eigenvalue weighted by Crippen LogP contribution is 2.25. The molecule has 0 aromatic carbocycles. The Balaban J connectivity index is 2.61. The van der Waals surface area contributed by atoms with Crippen molar-refractivity contribution in [3.05, 3.63) is 11.1 Å². The average Bonchev–Trinajstić information content (AvgIpc) is 2.52. The molecule has 1 aromatic heterocycles. The number of ether oxygens (including phenoxy) is 1. The number of thiazole rings is 1. The topological polar surface area (TPSA) is 68.4 Å². The first kappa shape index (κ1) is 9.44. The summed E-state index contributed by atoms with van der Waals surface area (Å²) < 4.78 is 4.91. The van der Waals surface area contributed by atoms with Crippen LogP contribution in [0.2, 0.25) is 0 Å². The molecule has 0 radical (unpaired) electrons. The Kier molecular flexibility index (Phi) is 3.46. The summed E-state index contributed by atoms with van der Waals surface area (Å²) in [6.45, 7) is 0.0986. The predicted molar refractivity (Wildman–Crippen MR) is 47.3 cm³/mol. The van der Waals surface area contributed by atoms with Crippen LogP contribution < -0.4 is 10.5 Å². The lowest BCUT2D eigenvalue weighted by molar-refractivity contribution is 0.277. The van der Waals surface area contributed by atoms with Crippen LogP contribution in [0.1, 0.15) is 17.3 Å². The minimum atomic E-state index is -0.128. The van der Waals surface area contributed by atoms with Crippen LogP contribution in [0.25, 0.3) is 0 Å². The molecule has 4 nitrogen and oxygen atoms in total. The number of hydrogen-bond acceptors (Lipinski definition) is 5. The Morgan fingerprint density at radius 1 is 1.83 bits per heavy atom. The second kappa shape index (κ2) is 4.39. The van der Waals surface area contributed by atoms with Crippen LogP contribution in [-0.4, -0.2) is 23.8 Å². The molecule has 0 saturated heterocycles. The molecule has 1 unspecified atom stereocenters. The monoisotopic (exact) mass is 188 g/mol. The van der Waals surface area contributed by atoms with E-state index < -0.39 is 0 Å². The molecule has 1 atom stereocenters. The van der Waals surface area contributed by atoms with Gasteiger partial charge >= 0.3 is 0 Å². The molecule has 0 aliphatic heterocycles. The molecule has 68 valence electrons. The highest BCUT2D eigenvalue weighted by atomic mass is 32.1. The summed E-state index contributed by atoms with van der Waals surface area (Å²) >= 11 is 1.41. The number of rotatable bonds is 4. The maximum absolute atomic E-state index is 8.63. The van der Waals surface area contributed by atoms with E-state index in [9.17, 15) is 0 Å². The zero-order valence-electron chi connectivity index (χ0n) is 6.86. The predicted octanol–water partition coefficient (Wildman–Crippen LogP) is 0.534. The van der Waals surface area contributed by atoms with E-state index in [1.54, 1.807) is 13.3 Å². The molecule has 5 heteroatoms. The maximum atomic E-state index is 8.63. The molecule has 0 saturated carbocycles. The van der Waals surface area contributed by atoms with Gasteiger partial charge in [0.15, 0.2) is 0 Å². The van der Waals surface area contributed by atoms with Gasteiger partial charge in [-0.05, 0) is 6.42 Å². The summed E-state index contributed by atoms with van der Waals surface area (Å²) in [5, 5.41) is 9.24. The van der Waals surface area contributed by atoms with Crippen LogP contribution in [0, 0.1) is 0 Å². The van der Waals surface area contributed by atoms with Crippen LogP contribution in [0.15, 0.2) is 6.20 Å². The molecular formula is C7H12N2O2S. The fraction of sp³-hybridized carbons (Fsp3) is 0.571. The van der Waals surface area contributed by atoms with Gasteiger partial charge in [0.1, 0.15) is 0 Å². The van der Waals surface area contributed by atoms with E-state index in [0.717, 1.165) is 4.88 Å². The Hall–Kier alpha value is -0.650. The number of nitrogens with two attached hydrogens (primary N) is 1. The molecule has 0 amide bonds. The lowest BCUT2D eigenvalue weighted by Gasteiger charge is -2.04. The van der Waals surface area contributed by atoms with Crippen molar-refractivity contribution in [2.45, 2.75) is 12.5 Å². The molecule has 0 aliphatic rings. The minimum absolute atomic E-state index is 0.0986. The van der Waals surface area contributed by atoms with Gasteiger partial charge in [-0.1, -0.05) is 11.3 Å². The molecule has 0 fully saturated rings. The molecule has 12 heavy (non-hydrogen) atoms. The average molecular weight is 188 g/mol. The van der Waals surface area contributed by atoms with Gasteiger partial charge in [0.25, 0.3) is 5.19 Å². The first-order valence-electron chi connectivity index (χ1n) is 3.64. The molecule has 1 heterocycles. The second-order valence-corrected chi connectivity index (χ2v) is 3.38. The van der Waals surface area contributed by atoms with Crippen molar-refractivity contribution in [2.24, 2.45) is 5.73 Å². The van der Waals surface area contributed by atoms with Gasteiger partial charge in [-0.15, -0.1) is 0 Å². The Bertz CT molecular complexity index is 239. The van der Waals surface area contributed by atoms with Crippen molar-refractivity contribution in [3.63, 3.8) is 0 Å². The highest BCUT2D eigenvalue weighted by molar-refractivity contribution is 7.13. The molecule has 1 rings (SSSR count). The normalized spacial score (nSPS) is 12.9. The van der Waals surface area contributed by atoms with E-state index >= 15 is 0 Å². The van der Waals surface area contributed by atoms with E-state index in [1.165, 1.54) is 11.3 Å². The number of hydrogen-bond donors (Lipinski definition) is 2. The van der Waals surface area contributed by atoms with Crippen LogP contribution in [0.3, 0.4) is 0 Å². The summed E-state index contributed by atoms with van der Waals surface area (Å²) in [5.41, 5.74) is 5.73. The SMILES string of the molecule is COc1ncc(C(N)CCO)s1. The first-order chi connectivity index (χ1) is 5.77. The third kappa shape index (κ3) is 2.17. The van der Waals surface area contributed by atoms with E-state index in [0.29, 0.717) is 11.6 Å². The lowest BCUT2D eigenvalue weighted by Crippen LogP contribution is -2.09. The molecule has 0 aliphatic carbocycles. The third-order valence-corrected chi connectivity index (χ3v) is 2.57. The van der Waals surface area contributed by atoms with Gasteiger partial charge in [0.05, 0.1) is 7.11 Å². The fourth-order valence-corrected chi connectivity index (χ4v) is 1.58. The van der Waals surface area contributed by atoms with Crippen molar-refractivity contribution in [1.29, 1.82) is 0 Å². The van der Waals surface area contributed by atoms with Gasteiger partial charge in [-0.2, -0.15) is 0 Å². The fourth-order valence-electron chi connectivity index (χ4n) is 0.817. The Morgan fingerprint density at radius 2 is 2.58 bits per heavy atom. The molecule has 0 spiro atoms. The van der Waals surface area contributed by atoms with Crippen LogP contribution >= 0.6 is 11.3 Å². The summed E-state index contributed by atoms with van der Waals surface area (Å²) in [7, 11) is 1.57. The second-order valence-electron chi connectivity index (χ2n) is 2.35. The van der Waals surface area contributed by atoms with Gasteiger partial charge < -0.3 is 15.6 Å². The summed E-state index contributed by atoms with van der Waals surface area (Å²) in [6.07, 6.45) is 2.25. The number of aromatic nitrogens is 1. The van der Waals surface area contributed by atoms with Crippen molar-refractivity contribution in [3.8, 4) is 5.19 Å². The Morgan fingerprint density at radius 3 is 3.08 bits per heavy atom. The quantitative estimate of drug-likeness (QED) is 0.723. The van der Waals surface area contributed by atoms with E-state index in [1.807, 2.05) is 0 Å². The van der Waals surface area contributed by atoms with Gasteiger partial charge in [0, 0.05) is 23.7 Å². The van der Waals surface area contributed by atoms with Crippen molar-refractivity contribution >= 4 is 11.3 Å². The number of aliphatic hydroxyl groups excluding tert-OH is 1. The third-order valence-electron chi connectivity index (χ3n) is 1.48. The number of aliphatic hydroxyl groups is 1. The van der Waals surface area contributed by atoms with E-state index in [2.05, 4.69) is 4.98 Å². The minimum Gasteiger partial charge on any atom is -0.473 e. The number of nitrogens with zero attached hydrogens (tertiary/aromatic N) is 1. The van der Waals surface area contributed by atoms with Crippen LogP contribution in [0.5, 0.6) is 5.19 Å². The van der Waals surface area contributed by atoms with Gasteiger partial charge in [0.2, 0.25) is 0 Å². The van der Waals surface area contributed by atoms with Crippen LogP contribution in [-0.2, 0) is 0 Å². The summed E-state index contributed by atoms with van der Waals surface area (Å²) in [6, 6.07) is -0.128. The lowest BCUT2D eigenvalue weighted by atomic mass is 10.2. The smallest absolute Gasteiger partial charge is 0.273 e. The Labute approximate surface area is 75.0 Å². The van der Waals surface area contributed by atoms with E-state index in [-0.39, 0.29) is 12.6 Å². The summed E-state index contributed by atoms with van der Waals surface area (Å²) in [5.74, 6) is 0. The van der Waals surface area contributed by atoms with Gasteiger partial charge in [-0.3, -0.25) is 0 Å². The van der Waals surface area contributed by atoms with E-state index in [4.69, 9.17) is 15.6 Å². The molecular weight excluding hydrogens is 176 g/mol. The maximum Gasteiger partial charge on any atom is 0.273 e. The van der Waals surface area contributed by atoms with Crippen molar-refractivity contribution in [2.75, 3.05) is 13.7 Å². The molecule has 3 N–H and O–H groups in total. The standard InChI is InChI=1S/C7H12N2O2S/c1-11-7-9-4-6(12-7)5(8)2-3-10/h4-5,10H,2-3,8H2,1H3. The van der Waals surface area contributed by atoms with Crippen molar-refractivity contribution in [1.82, 2.24) is 4.98 Å². The largest absolute Gasteiger partial charge is 0.473 e. The zero-order valence-corrected chi connectivity index (χ0v) is 7.67. The van der Waals surface area contributed by atoms with Crippen molar-refractivity contribution < 1.29 is 9.84 Å². The molecule has 1 aromatic rings. The highest BCUT2D eigenvalue weighted by Gasteiger charge is 2.09. The zero-order chi connectivity index (χ0) is 8.97. The van der Waals surface area contributed by atoms with Gasteiger partial charge in [-0.25, -0.2) is 4.98 Å².